The summed E-state index contributed by atoms with van der Waals surface area (Å²) in [6.07, 6.45) is -1.16. The van der Waals surface area contributed by atoms with Crippen LogP contribution in [0.3, 0.4) is 0 Å². The number of para-hydroxylation sites is 1. The zero-order valence-corrected chi connectivity index (χ0v) is 12.4. The number of furan rings is 1. The van der Waals surface area contributed by atoms with Crippen molar-refractivity contribution in [3.05, 3.63) is 66.4 Å². The molecule has 0 fully saturated rings. The van der Waals surface area contributed by atoms with Gasteiger partial charge in [-0.15, -0.1) is 0 Å². The van der Waals surface area contributed by atoms with Crippen LogP contribution in [-0.2, 0) is 14.3 Å². The van der Waals surface area contributed by atoms with Crippen LogP contribution in [0.1, 0.15) is 11.9 Å². The number of rotatable bonds is 5. The molecule has 1 aromatic heterocycles. The summed E-state index contributed by atoms with van der Waals surface area (Å²) < 4.78 is 34.3. The van der Waals surface area contributed by atoms with E-state index in [0.29, 0.717) is 5.58 Å². The topological polar surface area (TPSA) is 76.7 Å². The van der Waals surface area contributed by atoms with E-state index in [1.165, 1.54) is 12.1 Å². The quantitative estimate of drug-likeness (QED) is 0.732. The Labute approximate surface area is 127 Å². The molecule has 22 heavy (non-hydrogen) atoms. The monoisotopic (exact) mass is 318 g/mol. The number of benzene rings is 2. The lowest BCUT2D eigenvalue weighted by atomic mass is 10.2. The molecule has 3 aromatic rings. The van der Waals surface area contributed by atoms with Crippen molar-refractivity contribution in [2.75, 3.05) is 6.61 Å². The fourth-order valence-corrected chi connectivity index (χ4v) is 2.99. The maximum Gasteiger partial charge on any atom is 0.297 e. The Morgan fingerprint density at radius 3 is 2.45 bits per heavy atom. The van der Waals surface area contributed by atoms with Gasteiger partial charge in [-0.3, -0.25) is 4.18 Å². The average Bonchev–Trinajstić information content (AvgIpc) is 2.98. The van der Waals surface area contributed by atoms with Gasteiger partial charge in [0.25, 0.3) is 10.1 Å². The van der Waals surface area contributed by atoms with Gasteiger partial charge in [0.2, 0.25) is 0 Å². The fraction of sp³-hybridized carbons (Fsp3) is 0.125. The van der Waals surface area contributed by atoms with Gasteiger partial charge in [-0.2, -0.15) is 8.42 Å². The molecule has 114 valence electrons. The van der Waals surface area contributed by atoms with Gasteiger partial charge in [-0.25, -0.2) is 0 Å². The molecule has 0 aliphatic heterocycles. The Bertz CT molecular complexity index is 835. The van der Waals surface area contributed by atoms with Crippen molar-refractivity contribution in [2.45, 2.75) is 11.0 Å². The number of aliphatic hydroxyl groups excluding tert-OH is 1. The van der Waals surface area contributed by atoms with Crippen LogP contribution in [0.5, 0.6) is 0 Å². The Morgan fingerprint density at radius 1 is 1.05 bits per heavy atom. The standard InChI is InChI=1S/C16H14O5S/c17-14(16-10-12-6-4-5-9-15(12)21-16)11-20-22(18,19)13-7-2-1-3-8-13/h1-10,14,17H,11H2/t14-/m1/s1. The Morgan fingerprint density at radius 2 is 1.73 bits per heavy atom. The third-order valence-corrected chi connectivity index (χ3v) is 4.48. The second kappa shape index (κ2) is 5.92. The second-order valence-electron chi connectivity index (χ2n) is 4.75. The SMILES string of the molecule is O=S(=O)(OC[C@@H](O)c1cc2ccccc2o1)c1ccccc1. The van der Waals surface area contributed by atoms with E-state index < -0.39 is 22.8 Å². The van der Waals surface area contributed by atoms with Crippen LogP contribution in [0.2, 0.25) is 0 Å². The molecule has 1 atom stereocenters. The van der Waals surface area contributed by atoms with E-state index in [-0.39, 0.29) is 10.7 Å². The molecule has 0 saturated heterocycles. The van der Waals surface area contributed by atoms with E-state index in [4.69, 9.17) is 8.60 Å². The first-order valence-electron chi connectivity index (χ1n) is 6.67. The molecule has 1 N–H and O–H groups in total. The van der Waals surface area contributed by atoms with Crippen molar-refractivity contribution < 1.29 is 22.1 Å². The first-order valence-corrected chi connectivity index (χ1v) is 8.08. The first kappa shape index (κ1) is 14.8. The maximum atomic E-state index is 12.0. The first-order chi connectivity index (χ1) is 10.6. The zero-order valence-electron chi connectivity index (χ0n) is 11.5. The maximum absolute atomic E-state index is 12.0. The second-order valence-corrected chi connectivity index (χ2v) is 6.37. The number of aliphatic hydroxyl groups is 1. The molecule has 0 aliphatic carbocycles. The Kier molecular flexibility index (Phi) is 3.98. The lowest BCUT2D eigenvalue weighted by Crippen LogP contribution is -2.13. The van der Waals surface area contributed by atoms with Gasteiger partial charge in [0.15, 0.2) is 0 Å². The van der Waals surface area contributed by atoms with Gasteiger partial charge in [0.1, 0.15) is 17.4 Å². The summed E-state index contributed by atoms with van der Waals surface area (Å²) in [6.45, 7) is -0.406. The molecule has 0 amide bonds. The van der Waals surface area contributed by atoms with Gasteiger partial charge in [-0.1, -0.05) is 36.4 Å². The Hall–Kier alpha value is -2.15. The summed E-state index contributed by atoms with van der Waals surface area (Å²) >= 11 is 0. The molecule has 0 spiro atoms. The number of hydrogen-bond acceptors (Lipinski definition) is 5. The van der Waals surface area contributed by atoms with E-state index in [0.717, 1.165) is 5.39 Å². The van der Waals surface area contributed by atoms with Crippen LogP contribution in [0.15, 0.2) is 70.0 Å². The number of hydrogen-bond donors (Lipinski definition) is 1. The van der Waals surface area contributed by atoms with Crippen LogP contribution in [-0.4, -0.2) is 20.1 Å². The predicted molar refractivity (Wildman–Crippen MR) is 80.8 cm³/mol. The van der Waals surface area contributed by atoms with Crippen molar-refractivity contribution in [3.8, 4) is 0 Å². The van der Waals surface area contributed by atoms with Crippen LogP contribution < -0.4 is 0 Å². The van der Waals surface area contributed by atoms with Gasteiger partial charge in [-0.05, 0) is 24.3 Å². The largest absolute Gasteiger partial charge is 0.458 e. The van der Waals surface area contributed by atoms with Crippen LogP contribution >= 0.6 is 0 Å². The van der Waals surface area contributed by atoms with E-state index in [1.807, 2.05) is 18.2 Å². The molecular formula is C16H14O5S. The average molecular weight is 318 g/mol. The highest BCUT2D eigenvalue weighted by molar-refractivity contribution is 7.86. The van der Waals surface area contributed by atoms with Crippen molar-refractivity contribution in [2.24, 2.45) is 0 Å². The molecule has 1 heterocycles. The minimum Gasteiger partial charge on any atom is -0.458 e. The molecule has 0 saturated carbocycles. The van der Waals surface area contributed by atoms with Gasteiger partial charge < -0.3 is 9.52 Å². The highest BCUT2D eigenvalue weighted by Crippen LogP contribution is 2.24. The minimum atomic E-state index is -3.90. The normalized spacial score (nSPS) is 13.3. The third-order valence-electron chi connectivity index (χ3n) is 3.19. The highest BCUT2D eigenvalue weighted by atomic mass is 32.2. The smallest absolute Gasteiger partial charge is 0.297 e. The van der Waals surface area contributed by atoms with Crippen molar-refractivity contribution in [3.63, 3.8) is 0 Å². The summed E-state index contributed by atoms with van der Waals surface area (Å²) in [5, 5.41) is 10.9. The lowest BCUT2D eigenvalue weighted by Gasteiger charge is -2.09. The molecule has 0 radical (unpaired) electrons. The van der Waals surface area contributed by atoms with E-state index in [2.05, 4.69) is 0 Å². The van der Waals surface area contributed by atoms with Crippen LogP contribution in [0.4, 0.5) is 0 Å². The summed E-state index contributed by atoms with van der Waals surface area (Å²) in [5.74, 6) is 0.268. The molecule has 0 aliphatic rings. The molecule has 2 aromatic carbocycles. The third kappa shape index (κ3) is 3.04. The molecule has 0 unspecified atom stereocenters. The van der Waals surface area contributed by atoms with Crippen molar-refractivity contribution in [1.29, 1.82) is 0 Å². The molecule has 5 nitrogen and oxygen atoms in total. The summed E-state index contributed by atoms with van der Waals surface area (Å²) in [6, 6.07) is 16.7. The van der Waals surface area contributed by atoms with E-state index >= 15 is 0 Å². The molecule has 0 bridgehead atoms. The summed E-state index contributed by atoms with van der Waals surface area (Å²) in [5.41, 5.74) is 0.627. The summed E-state index contributed by atoms with van der Waals surface area (Å²) in [7, 11) is -3.90. The van der Waals surface area contributed by atoms with Gasteiger partial charge >= 0.3 is 0 Å². The fourth-order valence-electron chi connectivity index (χ4n) is 2.06. The van der Waals surface area contributed by atoms with Crippen molar-refractivity contribution in [1.82, 2.24) is 0 Å². The van der Waals surface area contributed by atoms with E-state index in [1.54, 1.807) is 30.3 Å². The molecular weight excluding hydrogens is 304 g/mol. The lowest BCUT2D eigenvalue weighted by molar-refractivity contribution is 0.0932. The van der Waals surface area contributed by atoms with Gasteiger partial charge in [0, 0.05) is 5.39 Å². The van der Waals surface area contributed by atoms with Crippen LogP contribution in [0.25, 0.3) is 11.0 Å². The van der Waals surface area contributed by atoms with Crippen LogP contribution in [0, 0.1) is 0 Å². The molecule has 3 rings (SSSR count). The predicted octanol–water partition coefficient (Wildman–Crippen LogP) is 2.87. The van der Waals surface area contributed by atoms with E-state index in [9.17, 15) is 13.5 Å². The Balaban J connectivity index is 1.73. The molecule has 6 heteroatoms. The van der Waals surface area contributed by atoms with Crippen molar-refractivity contribution >= 4 is 21.1 Å². The minimum absolute atomic E-state index is 0.0480. The zero-order chi connectivity index (χ0) is 15.6. The number of fused-ring (bicyclic) bond motifs is 1. The van der Waals surface area contributed by atoms with Gasteiger partial charge in [0.05, 0.1) is 11.5 Å². The summed E-state index contributed by atoms with van der Waals surface area (Å²) in [4.78, 5) is 0.0480. The highest BCUT2D eigenvalue weighted by Gasteiger charge is 2.20.